The minimum Gasteiger partial charge on any atom is -0.376 e. The van der Waals surface area contributed by atoms with Crippen LogP contribution in [0.2, 0.25) is 0 Å². The molecule has 2 heterocycles. The largest absolute Gasteiger partial charge is 0.376 e. The lowest BCUT2D eigenvalue weighted by Crippen LogP contribution is -2.35. The van der Waals surface area contributed by atoms with E-state index < -0.39 is 10.0 Å². The van der Waals surface area contributed by atoms with Crippen molar-refractivity contribution >= 4 is 38.2 Å². The monoisotopic (exact) mass is 454 g/mol. The van der Waals surface area contributed by atoms with E-state index in [-0.39, 0.29) is 10.8 Å². The van der Waals surface area contributed by atoms with Crippen molar-refractivity contribution in [1.82, 2.24) is 9.29 Å². The number of amides is 1. The van der Waals surface area contributed by atoms with Crippen molar-refractivity contribution in [2.75, 3.05) is 37.4 Å². The first-order valence-corrected chi connectivity index (χ1v) is 12.3. The minimum absolute atomic E-state index is 0.202. The molecule has 2 aromatic carbocycles. The number of carbonyl (C=O) groups is 1. The third-order valence-corrected chi connectivity index (χ3v) is 8.12. The lowest BCUT2D eigenvalue weighted by molar-refractivity contribution is 0.102. The van der Waals surface area contributed by atoms with Gasteiger partial charge in [0.1, 0.15) is 0 Å². The van der Waals surface area contributed by atoms with Crippen LogP contribution in [-0.4, -0.2) is 50.8 Å². The Hall–Kier alpha value is -2.84. The Balaban J connectivity index is 1.68. The van der Waals surface area contributed by atoms with Gasteiger partial charge in [0.05, 0.1) is 16.3 Å². The number of anilines is 2. The van der Waals surface area contributed by atoms with Crippen LogP contribution in [0.1, 0.15) is 40.9 Å². The van der Waals surface area contributed by atoms with Crippen LogP contribution < -0.4 is 10.2 Å². The predicted molar refractivity (Wildman–Crippen MR) is 129 cm³/mol. The van der Waals surface area contributed by atoms with Gasteiger partial charge in [0, 0.05) is 49.3 Å². The summed E-state index contributed by atoms with van der Waals surface area (Å²) in [7, 11) is 0.126. The Morgan fingerprint density at radius 1 is 1.03 bits per heavy atom. The minimum atomic E-state index is -3.60. The standard InChI is InChI=1S/C24H30N4O3S/c1-16-17(2)25-21-10-8-18(14-20(16)21)24(29)26-22-15-19(9-11-23(22)27(3)4)32(30,31)28-12-6-5-7-13-28/h8-11,14-15,25H,5-7,12-13H2,1-4H3,(H,26,29). The van der Waals surface area contributed by atoms with Gasteiger partial charge in [-0.15, -0.1) is 0 Å². The maximum atomic E-state index is 13.2. The van der Waals surface area contributed by atoms with E-state index in [2.05, 4.69) is 10.3 Å². The van der Waals surface area contributed by atoms with Crippen molar-refractivity contribution in [3.05, 3.63) is 53.2 Å². The number of nitrogens with one attached hydrogen (secondary N) is 2. The van der Waals surface area contributed by atoms with Crippen molar-refractivity contribution < 1.29 is 13.2 Å². The number of piperidine rings is 1. The van der Waals surface area contributed by atoms with E-state index >= 15 is 0 Å². The number of rotatable bonds is 5. The predicted octanol–water partition coefficient (Wildman–Crippen LogP) is 4.28. The van der Waals surface area contributed by atoms with Crippen LogP contribution in [0.5, 0.6) is 0 Å². The fourth-order valence-corrected chi connectivity index (χ4v) is 5.76. The molecule has 8 heteroatoms. The molecule has 0 unspecified atom stereocenters. The summed E-state index contributed by atoms with van der Waals surface area (Å²) in [5, 5.41) is 3.94. The van der Waals surface area contributed by atoms with Gasteiger partial charge >= 0.3 is 0 Å². The zero-order valence-corrected chi connectivity index (χ0v) is 19.8. The van der Waals surface area contributed by atoms with Crippen LogP contribution in [0.3, 0.4) is 0 Å². The number of H-pyrrole nitrogens is 1. The van der Waals surface area contributed by atoms with Crippen molar-refractivity contribution in [3.63, 3.8) is 0 Å². The van der Waals surface area contributed by atoms with Crippen molar-refractivity contribution in [1.29, 1.82) is 0 Å². The van der Waals surface area contributed by atoms with Gasteiger partial charge in [0.25, 0.3) is 5.91 Å². The van der Waals surface area contributed by atoms with Crippen LogP contribution in [0, 0.1) is 13.8 Å². The third kappa shape index (κ3) is 4.12. The van der Waals surface area contributed by atoms with Gasteiger partial charge < -0.3 is 15.2 Å². The highest BCUT2D eigenvalue weighted by atomic mass is 32.2. The summed E-state index contributed by atoms with van der Waals surface area (Å²) in [6.45, 7) is 5.10. The number of hydrogen-bond acceptors (Lipinski definition) is 4. The van der Waals surface area contributed by atoms with E-state index in [0.29, 0.717) is 24.3 Å². The SMILES string of the molecule is Cc1[nH]c2ccc(C(=O)Nc3cc(S(=O)(=O)N4CCCCC4)ccc3N(C)C)cc2c1C. The molecule has 1 saturated heterocycles. The van der Waals surface area contributed by atoms with E-state index in [1.54, 1.807) is 24.3 Å². The highest BCUT2D eigenvalue weighted by molar-refractivity contribution is 7.89. The van der Waals surface area contributed by atoms with Crippen LogP contribution in [0.25, 0.3) is 10.9 Å². The van der Waals surface area contributed by atoms with Gasteiger partial charge in [-0.05, 0) is 68.7 Å². The van der Waals surface area contributed by atoms with Gasteiger partial charge in [0.15, 0.2) is 0 Å². The average molecular weight is 455 g/mol. The second-order valence-electron chi connectivity index (χ2n) is 8.63. The summed E-state index contributed by atoms with van der Waals surface area (Å²) in [5.41, 5.74) is 4.90. The Labute approximate surface area is 189 Å². The average Bonchev–Trinajstić information content (AvgIpc) is 3.07. The first-order chi connectivity index (χ1) is 15.2. The number of fused-ring (bicyclic) bond motifs is 1. The van der Waals surface area contributed by atoms with E-state index in [4.69, 9.17) is 0 Å². The second-order valence-corrected chi connectivity index (χ2v) is 10.6. The number of aromatic nitrogens is 1. The van der Waals surface area contributed by atoms with Crippen molar-refractivity contribution in [3.8, 4) is 0 Å². The quantitative estimate of drug-likeness (QED) is 0.603. The molecule has 4 rings (SSSR count). The normalized spacial score (nSPS) is 15.1. The molecule has 0 spiro atoms. The molecule has 2 N–H and O–H groups in total. The van der Waals surface area contributed by atoms with Gasteiger partial charge in [0.2, 0.25) is 10.0 Å². The fourth-order valence-electron chi connectivity index (χ4n) is 4.22. The van der Waals surface area contributed by atoms with Gasteiger partial charge in [-0.25, -0.2) is 8.42 Å². The number of aromatic amines is 1. The van der Waals surface area contributed by atoms with E-state index in [1.165, 1.54) is 4.31 Å². The Morgan fingerprint density at radius 2 is 1.75 bits per heavy atom. The van der Waals surface area contributed by atoms with Crippen molar-refractivity contribution in [2.24, 2.45) is 0 Å². The maximum absolute atomic E-state index is 13.2. The number of benzene rings is 2. The maximum Gasteiger partial charge on any atom is 0.255 e. The molecule has 0 bridgehead atoms. The van der Waals surface area contributed by atoms with E-state index in [0.717, 1.165) is 47.1 Å². The molecule has 1 aliphatic rings. The van der Waals surface area contributed by atoms with E-state index in [1.807, 2.05) is 45.0 Å². The first kappa shape index (κ1) is 22.4. The second kappa shape index (κ2) is 8.60. The molecule has 7 nitrogen and oxygen atoms in total. The number of hydrogen-bond donors (Lipinski definition) is 2. The van der Waals surface area contributed by atoms with Crippen LogP contribution in [-0.2, 0) is 10.0 Å². The Morgan fingerprint density at radius 3 is 2.44 bits per heavy atom. The molecule has 1 aromatic heterocycles. The summed E-state index contributed by atoms with van der Waals surface area (Å²) in [6.07, 6.45) is 2.80. The van der Waals surface area contributed by atoms with Crippen LogP contribution in [0.4, 0.5) is 11.4 Å². The summed E-state index contributed by atoms with van der Waals surface area (Å²) in [6, 6.07) is 10.5. The van der Waals surface area contributed by atoms with Crippen molar-refractivity contribution in [2.45, 2.75) is 38.0 Å². The van der Waals surface area contributed by atoms with Crippen LogP contribution in [0.15, 0.2) is 41.3 Å². The molecule has 3 aromatic rings. The molecule has 1 amide bonds. The Bertz CT molecular complexity index is 1270. The Kier molecular flexibility index (Phi) is 6.01. The highest BCUT2D eigenvalue weighted by Gasteiger charge is 2.27. The molecule has 0 radical (unpaired) electrons. The highest BCUT2D eigenvalue weighted by Crippen LogP contribution is 2.31. The van der Waals surface area contributed by atoms with Gasteiger partial charge in [-0.3, -0.25) is 4.79 Å². The molecular weight excluding hydrogens is 424 g/mol. The first-order valence-electron chi connectivity index (χ1n) is 10.9. The summed E-state index contributed by atoms with van der Waals surface area (Å²) < 4.78 is 27.9. The van der Waals surface area contributed by atoms with Gasteiger partial charge in [-0.2, -0.15) is 4.31 Å². The topological polar surface area (TPSA) is 85.5 Å². The summed E-state index contributed by atoms with van der Waals surface area (Å²) >= 11 is 0. The lowest BCUT2D eigenvalue weighted by Gasteiger charge is -2.26. The molecule has 32 heavy (non-hydrogen) atoms. The molecule has 0 aliphatic carbocycles. The smallest absolute Gasteiger partial charge is 0.255 e. The number of nitrogens with zero attached hydrogens (tertiary/aromatic N) is 2. The molecule has 170 valence electrons. The molecule has 0 saturated carbocycles. The molecule has 1 aliphatic heterocycles. The number of aryl methyl sites for hydroxylation is 2. The van der Waals surface area contributed by atoms with E-state index in [9.17, 15) is 13.2 Å². The number of sulfonamides is 1. The fraction of sp³-hybridized carbons (Fsp3) is 0.375. The zero-order chi connectivity index (χ0) is 23.0. The van der Waals surface area contributed by atoms with Crippen LogP contribution >= 0.6 is 0 Å². The van der Waals surface area contributed by atoms with Gasteiger partial charge in [-0.1, -0.05) is 6.42 Å². The molecule has 1 fully saturated rings. The lowest BCUT2D eigenvalue weighted by atomic mass is 10.1. The third-order valence-electron chi connectivity index (χ3n) is 6.22. The zero-order valence-electron chi connectivity index (χ0n) is 19.0. The molecular formula is C24H30N4O3S. The number of carbonyl (C=O) groups excluding carboxylic acids is 1. The summed E-state index contributed by atoms with van der Waals surface area (Å²) in [4.78, 5) is 18.5. The summed E-state index contributed by atoms with van der Waals surface area (Å²) in [5.74, 6) is -0.277. The molecule has 0 atom stereocenters.